The highest BCUT2D eigenvalue weighted by molar-refractivity contribution is 6.36. The van der Waals surface area contributed by atoms with Gasteiger partial charge in [0.05, 0.1) is 18.1 Å². The molecule has 2 N–H and O–H groups in total. The topological polar surface area (TPSA) is 75.2 Å². The Kier molecular flexibility index (Phi) is 6.89. The summed E-state index contributed by atoms with van der Waals surface area (Å²) in [4.78, 5) is 28.1. The molecule has 0 saturated carbocycles. The number of hydroxylamine groups is 2. The zero-order valence-electron chi connectivity index (χ0n) is 14.5. The molecule has 1 amide bonds. The van der Waals surface area contributed by atoms with Gasteiger partial charge in [-0.25, -0.2) is 10.3 Å². The van der Waals surface area contributed by atoms with E-state index in [1.54, 1.807) is 32.3 Å². The summed E-state index contributed by atoms with van der Waals surface area (Å²) >= 11 is 12.7. The van der Waals surface area contributed by atoms with Crippen LogP contribution >= 0.6 is 23.2 Å². The second kappa shape index (κ2) is 8.71. The quantitative estimate of drug-likeness (QED) is 0.472. The second-order valence-electron chi connectivity index (χ2n) is 5.80. The number of carbonyl (C=O) groups excluding carboxylic acids is 1. The van der Waals surface area contributed by atoms with Crippen LogP contribution in [0.25, 0.3) is 0 Å². The van der Waals surface area contributed by atoms with Gasteiger partial charge in [-0.1, -0.05) is 29.3 Å². The van der Waals surface area contributed by atoms with Crippen LogP contribution in [0.5, 0.6) is 0 Å². The lowest BCUT2D eigenvalue weighted by molar-refractivity contribution is 0.0322. The van der Waals surface area contributed by atoms with E-state index in [4.69, 9.17) is 32.9 Å². The highest BCUT2D eigenvalue weighted by atomic mass is 35.5. The van der Waals surface area contributed by atoms with Gasteiger partial charge < -0.3 is 9.74 Å². The first-order valence-corrected chi connectivity index (χ1v) is 8.66. The zero-order chi connectivity index (χ0) is 18.6. The Hall–Kier alpha value is -1.54. The Balaban J connectivity index is 2.30. The average Bonchev–Trinajstić information content (AvgIpc) is 2.92. The highest BCUT2D eigenvalue weighted by Crippen LogP contribution is 2.39. The lowest BCUT2D eigenvalue weighted by Gasteiger charge is -2.24. The van der Waals surface area contributed by atoms with Crippen molar-refractivity contribution in [2.24, 2.45) is 10.9 Å². The molecule has 1 heterocycles. The maximum atomic E-state index is 11.7. The number of nitrogens with one attached hydrogen (secondary N) is 2. The predicted molar refractivity (Wildman–Crippen MR) is 97.7 cm³/mol. The molecule has 0 bridgehead atoms. The van der Waals surface area contributed by atoms with E-state index in [0.29, 0.717) is 28.0 Å². The van der Waals surface area contributed by atoms with Gasteiger partial charge in [-0.05, 0) is 26.0 Å². The maximum Gasteiger partial charge on any atom is 0.433 e. The Morgan fingerprint density at radius 2 is 2.04 bits per heavy atom. The first-order valence-electron chi connectivity index (χ1n) is 7.90. The minimum Gasteiger partial charge on any atom is -0.323 e. The van der Waals surface area contributed by atoms with Gasteiger partial charge in [0.15, 0.2) is 0 Å². The van der Waals surface area contributed by atoms with Crippen molar-refractivity contribution in [2.45, 2.75) is 26.0 Å². The van der Waals surface area contributed by atoms with E-state index >= 15 is 0 Å². The molecule has 1 aromatic rings. The lowest BCUT2D eigenvalue weighted by atomic mass is 9.89. The molecule has 2 rings (SSSR count). The third-order valence-electron chi connectivity index (χ3n) is 3.81. The third-order valence-corrected chi connectivity index (χ3v) is 4.47. The van der Waals surface area contributed by atoms with Gasteiger partial charge in [-0.2, -0.15) is 5.48 Å². The molecule has 1 aromatic carbocycles. The molecule has 1 aliphatic heterocycles. The number of nitrogens with zero attached hydrogens (tertiary/aromatic N) is 2. The number of halogens is 2. The molecule has 25 heavy (non-hydrogen) atoms. The zero-order valence-corrected chi connectivity index (χ0v) is 16.1. The second-order valence-corrected chi connectivity index (χ2v) is 6.62. The molecule has 1 fully saturated rings. The summed E-state index contributed by atoms with van der Waals surface area (Å²) in [6, 6.07) is 4.97. The number of amides is 1. The number of rotatable bonds is 3. The van der Waals surface area contributed by atoms with Crippen molar-refractivity contribution in [3.63, 3.8) is 0 Å². The fraction of sp³-hybridized carbons (Fsp3) is 0.500. The monoisotopic (exact) mass is 388 g/mol. The van der Waals surface area contributed by atoms with Crippen molar-refractivity contribution in [3.8, 4) is 0 Å². The SMILES string of the molecule is CCN=C(NOC(=O)N(C)C)C1C(C)ONC1c1c(Cl)cccc1Cl. The number of benzene rings is 1. The molecule has 7 nitrogen and oxygen atoms in total. The molecular weight excluding hydrogens is 367 g/mol. The van der Waals surface area contributed by atoms with Crippen LogP contribution in [0.4, 0.5) is 4.79 Å². The predicted octanol–water partition coefficient (Wildman–Crippen LogP) is 3.20. The lowest BCUT2D eigenvalue weighted by Crippen LogP contribution is -2.41. The number of aliphatic imine (C=N–C) groups is 1. The molecular formula is C16H22Cl2N4O3. The molecule has 138 valence electrons. The smallest absolute Gasteiger partial charge is 0.323 e. The number of hydrogen-bond donors (Lipinski definition) is 2. The standard InChI is InChI=1S/C16H22Cl2N4O3/c1-5-19-15(21-25-16(23)22(3)4)12-9(2)24-20-14(12)13-10(17)7-6-8-11(13)18/h6-9,12,14,20H,5H2,1-4H3,(H,19,21). The maximum absolute atomic E-state index is 11.7. The summed E-state index contributed by atoms with van der Waals surface area (Å²) in [6.45, 7) is 4.29. The summed E-state index contributed by atoms with van der Waals surface area (Å²) in [5, 5.41) is 1.04. The molecule has 1 saturated heterocycles. The van der Waals surface area contributed by atoms with Gasteiger partial charge in [0.1, 0.15) is 5.84 Å². The van der Waals surface area contributed by atoms with E-state index < -0.39 is 6.09 Å². The number of carbonyl (C=O) groups is 1. The number of hydrogen-bond acceptors (Lipinski definition) is 5. The van der Waals surface area contributed by atoms with Crippen molar-refractivity contribution < 1.29 is 14.5 Å². The van der Waals surface area contributed by atoms with Crippen LogP contribution in [0.15, 0.2) is 23.2 Å². The van der Waals surface area contributed by atoms with Crippen LogP contribution in [0.3, 0.4) is 0 Å². The van der Waals surface area contributed by atoms with Crippen molar-refractivity contribution in [2.75, 3.05) is 20.6 Å². The van der Waals surface area contributed by atoms with Crippen LogP contribution in [-0.2, 0) is 9.68 Å². The molecule has 9 heteroatoms. The Morgan fingerprint density at radius 1 is 1.40 bits per heavy atom. The minimum atomic E-state index is -0.532. The molecule has 0 aliphatic carbocycles. The van der Waals surface area contributed by atoms with Crippen molar-refractivity contribution in [1.29, 1.82) is 0 Å². The first kappa shape index (κ1) is 19.8. The summed E-state index contributed by atoms with van der Waals surface area (Å²) in [5.41, 5.74) is 6.34. The summed E-state index contributed by atoms with van der Waals surface area (Å²) in [7, 11) is 3.19. The third kappa shape index (κ3) is 4.55. The van der Waals surface area contributed by atoms with E-state index in [2.05, 4.69) is 16.0 Å². The fourth-order valence-electron chi connectivity index (χ4n) is 2.59. The van der Waals surface area contributed by atoms with Crippen molar-refractivity contribution >= 4 is 35.1 Å². The summed E-state index contributed by atoms with van der Waals surface area (Å²) in [5.74, 6) is 0.212. The molecule has 3 unspecified atom stereocenters. The summed E-state index contributed by atoms with van der Waals surface area (Å²) < 4.78 is 0. The van der Waals surface area contributed by atoms with Crippen LogP contribution in [-0.4, -0.2) is 43.6 Å². The van der Waals surface area contributed by atoms with Crippen LogP contribution < -0.4 is 11.0 Å². The van der Waals surface area contributed by atoms with Crippen LogP contribution in [0, 0.1) is 5.92 Å². The van der Waals surface area contributed by atoms with Crippen LogP contribution in [0.1, 0.15) is 25.5 Å². The van der Waals surface area contributed by atoms with Crippen molar-refractivity contribution in [3.05, 3.63) is 33.8 Å². The van der Waals surface area contributed by atoms with Gasteiger partial charge in [0.25, 0.3) is 0 Å². The van der Waals surface area contributed by atoms with E-state index in [1.165, 1.54) is 4.90 Å². The first-order chi connectivity index (χ1) is 11.9. The van der Waals surface area contributed by atoms with Gasteiger partial charge in [0.2, 0.25) is 0 Å². The van der Waals surface area contributed by atoms with Gasteiger partial charge in [0, 0.05) is 36.2 Å². The van der Waals surface area contributed by atoms with Crippen molar-refractivity contribution in [1.82, 2.24) is 15.9 Å². The molecule has 1 aliphatic rings. The largest absolute Gasteiger partial charge is 0.433 e. The normalized spacial score (nSPS) is 23.4. The molecule has 3 atom stereocenters. The minimum absolute atomic E-state index is 0.242. The molecule has 0 spiro atoms. The summed E-state index contributed by atoms with van der Waals surface area (Å²) in [6.07, 6.45) is -0.774. The average molecular weight is 389 g/mol. The van der Waals surface area contributed by atoms with Gasteiger partial charge in [-0.15, -0.1) is 0 Å². The highest BCUT2D eigenvalue weighted by Gasteiger charge is 2.41. The van der Waals surface area contributed by atoms with Crippen LogP contribution in [0.2, 0.25) is 10.0 Å². The number of amidine groups is 1. The Labute approximate surface area is 157 Å². The fourth-order valence-corrected chi connectivity index (χ4v) is 3.22. The van der Waals surface area contributed by atoms with E-state index in [1.807, 2.05) is 13.8 Å². The Morgan fingerprint density at radius 3 is 2.60 bits per heavy atom. The van der Waals surface area contributed by atoms with Gasteiger partial charge >= 0.3 is 6.09 Å². The van der Waals surface area contributed by atoms with E-state index in [-0.39, 0.29) is 18.1 Å². The molecule has 0 radical (unpaired) electrons. The van der Waals surface area contributed by atoms with Gasteiger partial charge in [-0.3, -0.25) is 9.83 Å². The Bertz CT molecular complexity index is 634. The molecule has 0 aromatic heterocycles. The van der Waals surface area contributed by atoms with E-state index in [9.17, 15) is 4.79 Å². The van der Waals surface area contributed by atoms with E-state index in [0.717, 1.165) is 0 Å².